The number of ether oxygens (including phenoxy) is 1. The molecule has 2 aromatic rings. The summed E-state index contributed by atoms with van der Waals surface area (Å²) in [6, 6.07) is 4.17. The predicted octanol–water partition coefficient (Wildman–Crippen LogP) is 3.28. The van der Waals surface area contributed by atoms with Crippen molar-refractivity contribution < 1.29 is 4.74 Å². The van der Waals surface area contributed by atoms with Crippen LogP contribution in [0.2, 0.25) is 0 Å². The minimum atomic E-state index is 0.355. The summed E-state index contributed by atoms with van der Waals surface area (Å²) in [6.45, 7) is 8.81. The Morgan fingerprint density at radius 3 is 2.50 bits per heavy atom. The molecule has 1 aromatic carbocycles. The molecule has 0 amide bonds. The van der Waals surface area contributed by atoms with Crippen molar-refractivity contribution >= 4 is 0 Å². The van der Waals surface area contributed by atoms with Gasteiger partial charge in [0.1, 0.15) is 11.6 Å². The molecule has 0 radical (unpaired) electrons. The number of benzene rings is 1. The topological polar surface area (TPSA) is 63.9 Å². The van der Waals surface area contributed by atoms with Crippen LogP contribution in [0.5, 0.6) is 5.75 Å². The maximum absolute atomic E-state index is 5.85. The van der Waals surface area contributed by atoms with E-state index in [0.717, 1.165) is 39.7 Å². The number of hydrogen-bond acceptors (Lipinski definition) is 3. The SMILES string of the molecule is COc1cc(C)c(-c2nc(C(C)C)[nH]c2CN)cc1C. The average molecular weight is 273 g/mol. The summed E-state index contributed by atoms with van der Waals surface area (Å²) in [4.78, 5) is 8.07. The van der Waals surface area contributed by atoms with Crippen LogP contribution in [0, 0.1) is 13.8 Å². The highest BCUT2D eigenvalue weighted by molar-refractivity contribution is 5.68. The molecular formula is C16H23N3O. The number of aromatic amines is 1. The van der Waals surface area contributed by atoms with Crippen LogP contribution in [0.15, 0.2) is 12.1 Å². The summed E-state index contributed by atoms with van der Waals surface area (Å²) in [5.41, 5.74) is 11.2. The number of nitrogens with two attached hydrogens (primary N) is 1. The van der Waals surface area contributed by atoms with Crippen molar-refractivity contribution in [1.29, 1.82) is 0 Å². The number of nitrogens with one attached hydrogen (secondary N) is 1. The summed E-state index contributed by atoms with van der Waals surface area (Å²) in [6.07, 6.45) is 0. The molecule has 2 rings (SSSR count). The zero-order valence-electron chi connectivity index (χ0n) is 12.9. The van der Waals surface area contributed by atoms with Gasteiger partial charge in [-0.1, -0.05) is 13.8 Å². The number of imidazole rings is 1. The molecule has 3 N–H and O–H groups in total. The van der Waals surface area contributed by atoms with E-state index in [4.69, 9.17) is 15.5 Å². The van der Waals surface area contributed by atoms with Gasteiger partial charge in [-0.25, -0.2) is 4.98 Å². The van der Waals surface area contributed by atoms with Gasteiger partial charge in [-0.15, -0.1) is 0 Å². The first-order valence-corrected chi connectivity index (χ1v) is 6.92. The van der Waals surface area contributed by atoms with Gasteiger partial charge in [0.15, 0.2) is 0 Å². The molecule has 108 valence electrons. The molecule has 20 heavy (non-hydrogen) atoms. The monoisotopic (exact) mass is 273 g/mol. The van der Waals surface area contributed by atoms with Gasteiger partial charge in [-0.2, -0.15) is 0 Å². The van der Waals surface area contributed by atoms with Crippen LogP contribution in [0.1, 0.15) is 42.4 Å². The first-order chi connectivity index (χ1) is 9.47. The van der Waals surface area contributed by atoms with Gasteiger partial charge in [0.25, 0.3) is 0 Å². The summed E-state index contributed by atoms with van der Waals surface area (Å²) in [7, 11) is 1.69. The molecule has 0 spiro atoms. The van der Waals surface area contributed by atoms with Gasteiger partial charge in [-0.05, 0) is 37.1 Å². The Hall–Kier alpha value is -1.81. The van der Waals surface area contributed by atoms with E-state index in [2.05, 4.69) is 37.9 Å². The molecule has 1 heterocycles. The van der Waals surface area contributed by atoms with Gasteiger partial charge in [0, 0.05) is 18.0 Å². The predicted molar refractivity (Wildman–Crippen MR) is 82.0 cm³/mol. The zero-order chi connectivity index (χ0) is 14.9. The molecule has 4 nitrogen and oxygen atoms in total. The molecule has 1 aromatic heterocycles. The number of hydrogen-bond donors (Lipinski definition) is 2. The zero-order valence-corrected chi connectivity index (χ0v) is 12.9. The molecule has 0 aliphatic rings. The van der Waals surface area contributed by atoms with Crippen molar-refractivity contribution in [3.8, 4) is 17.0 Å². The van der Waals surface area contributed by atoms with Crippen LogP contribution in [0.25, 0.3) is 11.3 Å². The van der Waals surface area contributed by atoms with Crippen molar-refractivity contribution in [3.63, 3.8) is 0 Å². The Kier molecular flexibility index (Phi) is 4.14. The molecule has 0 bridgehead atoms. The Morgan fingerprint density at radius 2 is 1.95 bits per heavy atom. The molecular weight excluding hydrogens is 250 g/mol. The summed E-state index contributed by atoms with van der Waals surface area (Å²) >= 11 is 0. The summed E-state index contributed by atoms with van der Waals surface area (Å²) < 4.78 is 5.36. The first kappa shape index (κ1) is 14.6. The molecule has 0 atom stereocenters. The quantitative estimate of drug-likeness (QED) is 0.898. The van der Waals surface area contributed by atoms with Crippen LogP contribution in [0.3, 0.4) is 0 Å². The maximum Gasteiger partial charge on any atom is 0.122 e. The highest BCUT2D eigenvalue weighted by Gasteiger charge is 2.16. The van der Waals surface area contributed by atoms with E-state index in [1.54, 1.807) is 7.11 Å². The largest absolute Gasteiger partial charge is 0.496 e. The molecule has 0 aliphatic heterocycles. The Balaban J connectivity index is 2.59. The standard InChI is InChI=1S/C16H23N3O/c1-9(2)16-18-13(8-17)15(19-16)12-6-11(4)14(20-5)7-10(12)3/h6-7,9H,8,17H2,1-5H3,(H,18,19). The first-order valence-electron chi connectivity index (χ1n) is 6.92. The fourth-order valence-corrected chi connectivity index (χ4v) is 2.34. The fraction of sp³-hybridized carbons (Fsp3) is 0.438. The number of aromatic nitrogens is 2. The molecule has 0 fully saturated rings. The van der Waals surface area contributed by atoms with Gasteiger partial charge >= 0.3 is 0 Å². The van der Waals surface area contributed by atoms with Gasteiger partial charge in [0.2, 0.25) is 0 Å². The van der Waals surface area contributed by atoms with E-state index >= 15 is 0 Å². The van der Waals surface area contributed by atoms with Crippen LogP contribution in [-0.4, -0.2) is 17.1 Å². The van der Waals surface area contributed by atoms with Crippen LogP contribution >= 0.6 is 0 Å². The van der Waals surface area contributed by atoms with E-state index in [9.17, 15) is 0 Å². The average Bonchev–Trinajstić information content (AvgIpc) is 2.85. The maximum atomic E-state index is 5.85. The third-order valence-electron chi connectivity index (χ3n) is 3.55. The summed E-state index contributed by atoms with van der Waals surface area (Å²) in [5.74, 6) is 2.24. The smallest absolute Gasteiger partial charge is 0.122 e. The number of rotatable bonds is 4. The molecule has 0 unspecified atom stereocenters. The number of methoxy groups -OCH3 is 1. The highest BCUT2D eigenvalue weighted by Crippen LogP contribution is 2.31. The fourth-order valence-electron chi connectivity index (χ4n) is 2.34. The minimum absolute atomic E-state index is 0.355. The second-order valence-corrected chi connectivity index (χ2v) is 5.44. The van der Waals surface area contributed by atoms with Crippen molar-refractivity contribution in [1.82, 2.24) is 9.97 Å². The van der Waals surface area contributed by atoms with Crippen LogP contribution in [-0.2, 0) is 6.54 Å². The third-order valence-corrected chi connectivity index (χ3v) is 3.55. The van der Waals surface area contributed by atoms with E-state index < -0.39 is 0 Å². The molecule has 4 heteroatoms. The van der Waals surface area contributed by atoms with Crippen molar-refractivity contribution in [2.45, 2.75) is 40.2 Å². The van der Waals surface area contributed by atoms with Crippen LogP contribution in [0.4, 0.5) is 0 Å². The van der Waals surface area contributed by atoms with Crippen LogP contribution < -0.4 is 10.5 Å². The Labute approximate surface area is 120 Å². The lowest BCUT2D eigenvalue weighted by Gasteiger charge is -2.10. The number of nitrogens with zero attached hydrogens (tertiary/aromatic N) is 1. The lowest BCUT2D eigenvalue weighted by molar-refractivity contribution is 0.411. The van der Waals surface area contributed by atoms with Crippen molar-refractivity contribution in [2.24, 2.45) is 5.73 Å². The van der Waals surface area contributed by atoms with E-state index in [0.29, 0.717) is 12.5 Å². The number of aryl methyl sites for hydroxylation is 2. The van der Waals surface area contributed by atoms with Crippen molar-refractivity contribution in [2.75, 3.05) is 7.11 Å². The molecule has 0 aliphatic carbocycles. The van der Waals surface area contributed by atoms with Gasteiger partial charge in [0.05, 0.1) is 18.5 Å². The Morgan fingerprint density at radius 1 is 1.25 bits per heavy atom. The highest BCUT2D eigenvalue weighted by atomic mass is 16.5. The second kappa shape index (κ2) is 5.67. The van der Waals surface area contributed by atoms with E-state index in [1.807, 2.05) is 6.92 Å². The minimum Gasteiger partial charge on any atom is -0.496 e. The van der Waals surface area contributed by atoms with Crippen molar-refractivity contribution in [3.05, 3.63) is 34.8 Å². The molecule has 0 saturated heterocycles. The van der Waals surface area contributed by atoms with E-state index in [1.165, 1.54) is 0 Å². The number of H-pyrrole nitrogens is 1. The normalized spacial score (nSPS) is 11.2. The summed E-state index contributed by atoms with van der Waals surface area (Å²) in [5, 5.41) is 0. The molecule has 0 saturated carbocycles. The third kappa shape index (κ3) is 2.56. The van der Waals surface area contributed by atoms with Gasteiger partial charge < -0.3 is 15.5 Å². The second-order valence-electron chi connectivity index (χ2n) is 5.44. The van der Waals surface area contributed by atoms with Gasteiger partial charge in [-0.3, -0.25) is 0 Å². The lowest BCUT2D eigenvalue weighted by atomic mass is 10.0. The Bertz CT molecular complexity index is 614. The van der Waals surface area contributed by atoms with E-state index in [-0.39, 0.29) is 0 Å². The lowest BCUT2D eigenvalue weighted by Crippen LogP contribution is -2.00.